The van der Waals surface area contributed by atoms with Crippen molar-refractivity contribution in [1.82, 2.24) is 10.6 Å². The minimum absolute atomic E-state index is 0.0125. The summed E-state index contributed by atoms with van der Waals surface area (Å²) in [5.74, 6) is -1.21. The van der Waals surface area contributed by atoms with Gasteiger partial charge in [-0.05, 0) is 27.7 Å². The molecule has 19 heavy (non-hydrogen) atoms. The van der Waals surface area contributed by atoms with Crippen LogP contribution in [0.4, 0.5) is 4.79 Å². The van der Waals surface area contributed by atoms with Crippen LogP contribution in [-0.2, 0) is 19.1 Å². The van der Waals surface area contributed by atoms with Crippen LogP contribution in [0.5, 0.6) is 0 Å². The molecule has 0 aromatic heterocycles. The minimum atomic E-state index is -0.706. The predicted molar refractivity (Wildman–Crippen MR) is 68.2 cm³/mol. The van der Waals surface area contributed by atoms with Gasteiger partial charge >= 0.3 is 12.1 Å². The summed E-state index contributed by atoms with van der Waals surface area (Å²) in [5.41, 5.74) is -0.625. The van der Waals surface area contributed by atoms with Gasteiger partial charge in [0.2, 0.25) is 5.91 Å². The number of nitrogens with one attached hydrogen (secondary N) is 2. The first-order valence-electron chi connectivity index (χ1n) is 5.71. The Balaban J connectivity index is 4.20. The molecule has 0 aromatic rings. The van der Waals surface area contributed by atoms with E-state index >= 15 is 0 Å². The summed E-state index contributed by atoms with van der Waals surface area (Å²) in [6.07, 6.45) is 0.694. The van der Waals surface area contributed by atoms with E-state index in [1.54, 1.807) is 27.7 Å². The Kier molecular flexibility index (Phi) is 6.60. The molecule has 0 bridgehead atoms. The number of allylic oxidation sites excluding steroid dienone is 1. The Morgan fingerprint density at radius 2 is 1.79 bits per heavy atom. The van der Waals surface area contributed by atoms with E-state index < -0.39 is 23.6 Å². The minimum Gasteiger partial charge on any atom is -0.464 e. The summed E-state index contributed by atoms with van der Waals surface area (Å²) in [6.45, 7) is 6.41. The number of alkyl carbamates (subject to hydrolysis) is 1. The van der Waals surface area contributed by atoms with E-state index in [4.69, 9.17) is 4.74 Å². The van der Waals surface area contributed by atoms with Gasteiger partial charge in [-0.2, -0.15) is 0 Å². The maximum absolute atomic E-state index is 11.5. The number of methoxy groups -OCH3 is 1. The lowest BCUT2D eigenvalue weighted by molar-refractivity contribution is -0.137. The van der Waals surface area contributed by atoms with Crippen LogP contribution < -0.4 is 10.6 Å². The Morgan fingerprint density at radius 3 is 2.21 bits per heavy atom. The van der Waals surface area contributed by atoms with Gasteiger partial charge in [0, 0.05) is 0 Å². The summed E-state index contributed by atoms with van der Waals surface area (Å²) < 4.78 is 9.41. The molecule has 0 radical (unpaired) electrons. The van der Waals surface area contributed by atoms with Gasteiger partial charge < -0.3 is 20.1 Å². The highest BCUT2D eigenvalue weighted by molar-refractivity contribution is 5.94. The van der Waals surface area contributed by atoms with Crippen LogP contribution in [0, 0.1) is 0 Å². The van der Waals surface area contributed by atoms with Crippen molar-refractivity contribution in [3.05, 3.63) is 11.8 Å². The van der Waals surface area contributed by atoms with Gasteiger partial charge in [-0.1, -0.05) is 6.08 Å². The molecule has 7 heteroatoms. The summed E-state index contributed by atoms with van der Waals surface area (Å²) in [6, 6.07) is 0. The monoisotopic (exact) mass is 272 g/mol. The van der Waals surface area contributed by atoms with Crippen LogP contribution in [0.3, 0.4) is 0 Å². The largest absolute Gasteiger partial charge is 0.464 e. The molecule has 0 unspecified atom stereocenters. The molecular weight excluding hydrogens is 252 g/mol. The number of hydrogen-bond acceptors (Lipinski definition) is 5. The van der Waals surface area contributed by atoms with Crippen LogP contribution >= 0.6 is 0 Å². The highest BCUT2D eigenvalue weighted by Gasteiger charge is 2.17. The van der Waals surface area contributed by atoms with Gasteiger partial charge in [-0.15, -0.1) is 0 Å². The fourth-order valence-corrected chi connectivity index (χ4v) is 1.01. The third kappa shape index (κ3) is 7.80. The molecule has 0 heterocycles. The highest BCUT2D eigenvalue weighted by Crippen LogP contribution is 2.06. The lowest BCUT2D eigenvalue weighted by atomic mass is 10.2. The van der Waals surface area contributed by atoms with Gasteiger partial charge in [0.1, 0.15) is 17.8 Å². The van der Waals surface area contributed by atoms with Gasteiger partial charge in [0.05, 0.1) is 7.11 Å². The molecule has 0 saturated carbocycles. The van der Waals surface area contributed by atoms with Crippen molar-refractivity contribution in [2.45, 2.75) is 33.3 Å². The van der Waals surface area contributed by atoms with E-state index in [1.165, 1.54) is 13.2 Å². The molecule has 0 saturated heterocycles. The average Bonchev–Trinajstić information content (AvgIpc) is 2.30. The molecule has 0 fully saturated rings. The van der Waals surface area contributed by atoms with Crippen molar-refractivity contribution in [1.29, 1.82) is 0 Å². The molecule has 7 nitrogen and oxygen atoms in total. The smallest absolute Gasteiger partial charge is 0.408 e. The first-order chi connectivity index (χ1) is 8.69. The topological polar surface area (TPSA) is 93.7 Å². The van der Waals surface area contributed by atoms with E-state index in [2.05, 4.69) is 15.4 Å². The van der Waals surface area contributed by atoms with E-state index in [1.807, 2.05) is 0 Å². The summed E-state index contributed by atoms with van der Waals surface area (Å²) >= 11 is 0. The molecule has 108 valence electrons. The van der Waals surface area contributed by atoms with Crippen LogP contribution in [0.2, 0.25) is 0 Å². The Morgan fingerprint density at radius 1 is 1.21 bits per heavy atom. The zero-order valence-corrected chi connectivity index (χ0v) is 11.8. The SMILES string of the molecule is C/C=C(/NC(=O)CNC(=O)OC(C)(C)C)C(=O)OC. The summed E-state index contributed by atoms with van der Waals surface area (Å²) in [5, 5.41) is 4.59. The molecule has 0 rings (SSSR count). The zero-order chi connectivity index (χ0) is 15.1. The molecule has 0 aliphatic rings. The third-order valence-electron chi connectivity index (χ3n) is 1.76. The molecule has 0 aliphatic heterocycles. The van der Waals surface area contributed by atoms with Crippen molar-refractivity contribution in [3.8, 4) is 0 Å². The summed E-state index contributed by atoms with van der Waals surface area (Å²) in [4.78, 5) is 33.9. The first kappa shape index (κ1) is 16.9. The van der Waals surface area contributed by atoms with Crippen LogP contribution in [0.15, 0.2) is 11.8 Å². The molecule has 0 atom stereocenters. The second-order valence-electron chi connectivity index (χ2n) is 4.60. The third-order valence-corrected chi connectivity index (χ3v) is 1.76. The lowest BCUT2D eigenvalue weighted by Gasteiger charge is -2.19. The van der Waals surface area contributed by atoms with Crippen LogP contribution in [0.1, 0.15) is 27.7 Å². The number of amides is 2. The second kappa shape index (κ2) is 7.40. The maximum Gasteiger partial charge on any atom is 0.408 e. The number of esters is 1. The highest BCUT2D eigenvalue weighted by atomic mass is 16.6. The van der Waals surface area contributed by atoms with E-state index in [-0.39, 0.29) is 12.2 Å². The standard InChI is InChI=1S/C12H20N2O5/c1-6-8(10(16)18-5)14-9(15)7-13-11(17)19-12(2,3)4/h6H,7H2,1-5H3,(H,13,17)(H,14,15)/b8-6+. The van der Waals surface area contributed by atoms with Gasteiger partial charge in [0.25, 0.3) is 0 Å². The van der Waals surface area contributed by atoms with E-state index in [9.17, 15) is 14.4 Å². The molecule has 0 aromatic carbocycles. The quantitative estimate of drug-likeness (QED) is 0.580. The van der Waals surface area contributed by atoms with Crippen LogP contribution in [-0.4, -0.2) is 37.2 Å². The molecule has 2 N–H and O–H groups in total. The summed E-state index contributed by atoms with van der Waals surface area (Å²) in [7, 11) is 1.21. The predicted octanol–water partition coefficient (Wildman–Crippen LogP) is 0.704. The lowest BCUT2D eigenvalue weighted by Crippen LogP contribution is -2.40. The van der Waals surface area contributed by atoms with Crippen LogP contribution in [0.25, 0.3) is 0 Å². The van der Waals surface area contributed by atoms with Crippen molar-refractivity contribution in [2.75, 3.05) is 13.7 Å². The molecule has 2 amide bonds. The zero-order valence-electron chi connectivity index (χ0n) is 11.8. The normalized spacial score (nSPS) is 11.5. The average molecular weight is 272 g/mol. The van der Waals surface area contributed by atoms with Gasteiger partial charge in [-0.25, -0.2) is 9.59 Å². The Bertz CT molecular complexity index is 382. The number of rotatable bonds is 4. The molecule has 0 aliphatic carbocycles. The Labute approximate surface area is 112 Å². The fraction of sp³-hybridized carbons (Fsp3) is 0.583. The van der Waals surface area contributed by atoms with Crippen molar-refractivity contribution >= 4 is 18.0 Å². The second-order valence-corrected chi connectivity index (χ2v) is 4.60. The van der Waals surface area contributed by atoms with Gasteiger partial charge in [-0.3, -0.25) is 4.79 Å². The number of carbonyl (C=O) groups excluding carboxylic acids is 3. The van der Waals surface area contributed by atoms with Crippen molar-refractivity contribution in [3.63, 3.8) is 0 Å². The van der Waals surface area contributed by atoms with E-state index in [0.717, 1.165) is 0 Å². The molecule has 0 spiro atoms. The molecular formula is C12H20N2O5. The number of carbonyl (C=O) groups is 3. The van der Waals surface area contributed by atoms with Crippen molar-refractivity contribution in [2.24, 2.45) is 0 Å². The van der Waals surface area contributed by atoms with E-state index in [0.29, 0.717) is 0 Å². The van der Waals surface area contributed by atoms with Crippen molar-refractivity contribution < 1.29 is 23.9 Å². The first-order valence-corrected chi connectivity index (χ1v) is 5.71. The number of ether oxygens (including phenoxy) is 2. The Hall–Kier alpha value is -2.05. The van der Waals surface area contributed by atoms with Gasteiger partial charge in [0.15, 0.2) is 0 Å². The maximum atomic E-state index is 11.5. The fourth-order valence-electron chi connectivity index (χ4n) is 1.01. The number of hydrogen-bond donors (Lipinski definition) is 2.